The second-order valence-electron chi connectivity index (χ2n) is 6.42. The van der Waals surface area contributed by atoms with Crippen molar-refractivity contribution < 1.29 is 9.47 Å². The van der Waals surface area contributed by atoms with Crippen molar-refractivity contribution in [1.29, 1.82) is 0 Å². The van der Waals surface area contributed by atoms with Crippen LogP contribution in [0.2, 0.25) is 5.02 Å². The number of ether oxygens (including phenoxy) is 2. The van der Waals surface area contributed by atoms with Crippen LogP contribution in [-0.2, 0) is 25.9 Å². The maximum atomic E-state index is 12.4. The maximum absolute atomic E-state index is 12.4. The van der Waals surface area contributed by atoms with Crippen LogP contribution in [0.3, 0.4) is 0 Å². The Morgan fingerprint density at radius 2 is 2.12 bits per heavy atom. The van der Waals surface area contributed by atoms with Crippen LogP contribution in [0.1, 0.15) is 36.0 Å². The van der Waals surface area contributed by atoms with Crippen LogP contribution in [0, 0.1) is 0 Å². The van der Waals surface area contributed by atoms with Gasteiger partial charge in [0.15, 0.2) is 11.5 Å². The molecule has 1 aliphatic rings. The van der Waals surface area contributed by atoms with Crippen molar-refractivity contribution in [1.82, 2.24) is 14.9 Å². The van der Waals surface area contributed by atoms with Gasteiger partial charge in [0.2, 0.25) is 0 Å². The minimum Gasteiger partial charge on any atom is -0.493 e. The van der Waals surface area contributed by atoms with E-state index in [9.17, 15) is 4.79 Å². The van der Waals surface area contributed by atoms with E-state index in [-0.39, 0.29) is 5.56 Å². The Bertz CT molecular complexity index is 851. The Labute approximate surface area is 158 Å². The van der Waals surface area contributed by atoms with Crippen molar-refractivity contribution in [2.45, 2.75) is 39.3 Å². The summed E-state index contributed by atoms with van der Waals surface area (Å²) in [5.74, 6) is 1.93. The highest BCUT2D eigenvalue weighted by Gasteiger charge is 2.23. The summed E-state index contributed by atoms with van der Waals surface area (Å²) in [6.45, 7) is 4.11. The van der Waals surface area contributed by atoms with Crippen LogP contribution >= 0.6 is 11.6 Å². The number of methoxy groups -OCH3 is 2. The van der Waals surface area contributed by atoms with E-state index < -0.39 is 0 Å². The lowest BCUT2D eigenvalue weighted by Crippen LogP contribution is -2.35. The van der Waals surface area contributed by atoms with Crippen molar-refractivity contribution in [3.8, 4) is 11.5 Å². The topological polar surface area (TPSA) is 67.5 Å². The van der Waals surface area contributed by atoms with E-state index in [1.165, 1.54) is 0 Å². The van der Waals surface area contributed by atoms with Crippen molar-refractivity contribution in [2.24, 2.45) is 0 Å². The molecule has 1 aromatic heterocycles. The maximum Gasteiger partial charge on any atom is 0.255 e. The Balaban J connectivity index is 1.81. The van der Waals surface area contributed by atoms with E-state index in [2.05, 4.69) is 21.8 Å². The molecule has 6 nitrogen and oxygen atoms in total. The second kappa shape index (κ2) is 8.10. The number of aromatic nitrogens is 2. The normalized spacial score (nSPS) is 14.2. The average Bonchev–Trinajstić information content (AvgIpc) is 2.64. The largest absolute Gasteiger partial charge is 0.493 e. The number of hydrogen-bond acceptors (Lipinski definition) is 5. The standard InChI is InChI=1S/C19H24ClN3O3/c1-4-5-16-21-14-8-9-23(11-13(14)19(24)22-16)10-12-6-7-15(25-2)18(26-3)17(12)20/h6-7H,4-5,8-11H2,1-3H3,(H,21,22,24). The molecule has 7 heteroatoms. The highest BCUT2D eigenvalue weighted by molar-refractivity contribution is 6.33. The monoisotopic (exact) mass is 377 g/mol. The first kappa shape index (κ1) is 18.7. The van der Waals surface area contributed by atoms with Crippen molar-refractivity contribution >= 4 is 11.6 Å². The van der Waals surface area contributed by atoms with Gasteiger partial charge in [0.05, 0.1) is 30.5 Å². The molecule has 0 aliphatic carbocycles. The number of nitrogens with one attached hydrogen (secondary N) is 1. The summed E-state index contributed by atoms with van der Waals surface area (Å²) in [6.07, 6.45) is 2.53. The van der Waals surface area contributed by atoms with Crippen LogP contribution < -0.4 is 15.0 Å². The fraction of sp³-hybridized carbons (Fsp3) is 0.474. The first-order chi connectivity index (χ1) is 12.6. The number of rotatable bonds is 6. The Kier molecular flexibility index (Phi) is 5.84. The molecule has 140 valence electrons. The third-order valence-corrected chi connectivity index (χ3v) is 5.06. The van der Waals surface area contributed by atoms with Gasteiger partial charge in [0, 0.05) is 32.5 Å². The molecule has 0 fully saturated rings. The van der Waals surface area contributed by atoms with E-state index in [0.717, 1.165) is 48.5 Å². The van der Waals surface area contributed by atoms with Gasteiger partial charge in [0.25, 0.3) is 5.56 Å². The van der Waals surface area contributed by atoms with Crippen molar-refractivity contribution in [3.05, 3.63) is 50.2 Å². The fourth-order valence-corrected chi connectivity index (χ4v) is 3.61. The minimum atomic E-state index is -0.0263. The van der Waals surface area contributed by atoms with E-state index >= 15 is 0 Å². The molecule has 3 rings (SSSR count). The molecule has 0 spiro atoms. The Morgan fingerprint density at radius 3 is 2.81 bits per heavy atom. The highest BCUT2D eigenvalue weighted by atomic mass is 35.5. The third kappa shape index (κ3) is 3.71. The molecule has 0 atom stereocenters. The molecular formula is C19H24ClN3O3. The van der Waals surface area contributed by atoms with Gasteiger partial charge in [-0.2, -0.15) is 0 Å². The van der Waals surface area contributed by atoms with Crippen LogP contribution in [0.25, 0.3) is 0 Å². The van der Waals surface area contributed by atoms with Crippen LogP contribution in [0.5, 0.6) is 11.5 Å². The minimum absolute atomic E-state index is 0.0263. The Hall–Kier alpha value is -2.05. The number of halogens is 1. The van der Waals surface area contributed by atoms with Crippen LogP contribution in [0.4, 0.5) is 0 Å². The Morgan fingerprint density at radius 1 is 1.31 bits per heavy atom. The zero-order valence-electron chi connectivity index (χ0n) is 15.4. The molecule has 0 bridgehead atoms. The number of hydrogen-bond donors (Lipinski definition) is 1. The number of H-pyrrole nitrogens is 1. The van der Waals surface area contributed by atoms with Crippen molar-refractivity contribution in [2.75, 3.05) is 20.8 Å². The molecule has 2 aromatic rings. The van der Waals surface area contributed by atoms with E-state index in [1.54, 1.807) is 14.2 Å². The van der Waals surface area contributed by atoms with Crippen LogP contribution in [0.15, 0.2) is 16.9 Å². The van der Waals surface area contributed by atoms with E-state index in [0.29, 0.717) is 29.6 Å². The van der Waals surface area contributed by atoms with Crippen molar-refractivity contribution in [3.63, 3.8) is 0 Å². The number of fused-ring (bicyclic) bond motifs is 1. The molecule has 0 radical (unpaired) electrons. The summed E-state index contributed by atoms with van der Waals surface area (Å²) in [5, 5.41) is 0.544. The molecule has 0 saturated heterocycles. The average molecular weight is 378 g/mol. The quantitative estimate of drug-likeness (QED) is 0.838. The molecule has 1 aliphatic heterocycles. The number of nitrogens with zero attached hydrogens (tertiary/aromatic N) is 2. The van der Waals surface area contributed by atoms with Gasteiger partial charge in [-0.15, -0.1) is 0 Å². The lowest BCUT2D eigenvalue weighted by atomic mass is 10.1. The van der Waals surface area contributed by atoms with Gasteiger partial charge in [-0.05, 0) is 18.1 Å². The predicted molar refractivity (Wildman–Crippen MR) is 101 cm³/mol. The van der Waals surface area contributed by atoms with E-state index in [1.807, 2.05) is 12.1 Å². The number of aryl methyl sites for hydroxylation is 1. The summed E-state index contributed by atoms with van der Waals surface area (Å²) < 4.78 is 10.6. The first-order valence-corrected chi connectivity index (χ1v) is 9.17. The van der Waals surface area contributed by atoms with Gasteiger partial charge in [-0.1, -0.05) is 24.6 Å². The lowest BCUT2D eigenvalue weighted by molar-refractivity contribution is 0.241. The summed E-state index contributed by atoms with van der Waals surface area (Å²) >= 11 is 6.49. The molecule has 0 unspecified atom stereocenters. The van der Waals surface area contributed by atoms with Gasteiger partial charge in [-0.25, -0.2) is 4.98 Å². The number of benzene rings is 1. The predicted octanol–water partition coefficient (Wildman–Crippen LogP) is 2.95. The zero-order chi connectivity index (χ0) is 18.7. The van der Waals surface area contributed by atoms with Gasteiger partial charge in [-0.3, -0.25) is 9.69 Å². The molecule has 1 aromatic carbocycles. The van der Waals surface area contributed by atoms with Gasteiger partial charge in [0.1, 0.15) is 5.82 Å². The molecule has 26 heavy (non-hydrogen) atoms. The molecule has 1 N–H and O–H groups in total. The second-order valence-corrected chi connectivity index (χ2v) is 6.80. The summed E-state index contributed by atoms with van der Waals surface area (Å²) in [5.41, 5.74) is 2.60. The summed E-state index contributed by atoms with van der Waals surface area (Å²) in [6, 6.07) is 3.79. The number of aromatic amines is 1. The first-order valence-electron chi connectivity index (χ1n) is 8.80. The summed E-state index contributed by atoms with van der Waals surface area (Å²) in [7, 11) is 3.16. The molecule has 0 saturated carbocycles. The smallest absolute Gasteiger partial charge is 0.255 e. The molecular weight excluding hydrogens is 354 g/mol. The van der Waals surface area contributed by atoms with E-state index in [4.69, 9.17) is 21.1 Å². The summed E-state index contributed by atoms with van der Waals surface area (Å²) in [4.78, 5) is 22.2. The highest BCUT2D eigenvalue weighted by Crippen LogP contribution is 2.38. The van der Waals surface area contributed by atoms with Gasteiger partial charge >= 0.3 is 0 Å². The fourth-order valence-electron chi connectivity index (χ4n) is 3.32. The van der Waals surface area contributed by atoms with Gasteiger partial charge < -0.3 is 14.5 Å². The zero-order valence-corrected chi connectivity index (χ0v) is 16.2. The lowest BCUT2D eigenvalue weighted by Gasteiger charge is -2.28. The third-order valence-electron chi connectivity index (χ3n) is 4.64. The molecule has 2 heterocycles. The van der Waals surface area contributed by atoms with Crippen LogP contribution in [-0.4, -0.2) is 35.6 Å². The SMILES string of the molecule is CCCc1nc2c(c(=O)[nH]1)CN(Cc1ccc(OC)c(OC)c1Cl)CC2. The molecule has 0 amide bonds.